The van der Waals surface area contributed by atoms with Gasteiger partial charge in [-0.25, -0.2) is 0 Å². The Balaban J connectivity index is 2.66. The summed E-state index contributed by atoms with van der Waals surface area (Å²) < 4.78 is 3.77. The van der Waals surface area contributed by atoms with Crippen LogP contribution in [0.1, 0.15) is 6.42 Å². The SMILES string of the molecule is N=CCC[N]=[Ti+]. The first-order valence-electron chi connectivity index (χ1n) is 1.74. The number of hydrogen-bond donors (Lipinski definition) is 1. The molecule has 0 aliphatic heterocycles. The van der Waals surface area contributed by atoms with Crippen LogP contribution in [0.4, 0.5) is 0 Å². The fraction of sp³-hybridized carbons (Fsp3) is 0.667. The fourth-order valence-corrected chi connectivity index (χ4v) is 0.331. The molecule has 0 aromatic heterocycles. The Morgan fingerprint density at radius 1 is 1.83 bits per heavy atom. The third-order valence-electron chi connectivity index (χ3n) is 0.385. The molecule has 6 heavy (non-hydrogen) atoms. The predicted molar refractivity (Wildman–Crippen MR) is 20.7 cm³/mol. The summed E-state index contributed by atoms with van der Waals surface area (Å²) in [4.78, 5) is 0. The second kappa shape index (κ2) is 5.18. The molecule has 0 unspecified atom stereocenters. The first-order chi connectivity index (χ1) is 2.91. The molecule has 0 bridgehead atoms. The Bertz CT molecular complexity index is 44.8. The van der Waals surface area contributed by atoms with Crippen LogP contribution in [0.25, 0.3) is 0 Å². The van der Waals surface area contributed by atoms with Crippen molar-refractivity contribution < 1.29 is 20.3 Å². The van der Waals surface area contributed by atoms with Gasteiger partial charge in [-0.2, -0.15) is 0 Å². The molecule has 0 aliphatic rings. The monoisotopic (exact) mass is 118 g/mol. The van der Waals surface area contributed by atoms with E-state index >= 15 is 0 Å². The average Bonchev–Trinajstić information content (AvgIpc) is 1.61. The Labute approximate surface area is 48.7 Å². The Morgan fingerprint density at radius 3 is 2.67 bits per heavy atom. The molecule has 0 aromatic carbocycles. The number of hydrogen-bond acceptors (Lipinski definition) is 2. The molecular weight excluding hydrogens is 112 g/mol. The van der Waals surface area contributed by atoms with Gasteiger partial charge in [0, 0.05) is 0 Å². The Kier molecular flexibility index (Phi) is 5.34. The van der Waals surface area contributed by atoms with Crippen LogP contribution in [-0.2, 0) is 20.3 Å². The van der Waals surface area contributed by atoms with Crippen molar-refractivity contribution in [1.82, 2.24) is 0 Å². The third-order valence-corrected chi connectivity index (χ3v) is 0.734. The van der Waals surface area contributed by atoms with Crippen LogP contribution in [-0.4, -0.2) is 12.8 Å². The summed E-state index contributed by atoms with van der Waals surface area (Å²) in [6.07, 6.45) is 2.16. The van der Waals surface area contributed by atoms with E-state index in [0.29, 0.717) is 0 Å². The van der Waals surface area contributed by atoms with Gasteiger partial charge >= 0.3 is 48.3 Å². The van der Waals surface area contributed by atoms with E-state index in [-0.39, 0.29) is 0 Å². The molecule has 1 N–H and O–H groups in total. The maximum atomic E-state index is 6.52. The van der Waals surface area contributed by atoms with Crippen LogP contribution in [0.2, 0.25) is 0 Å². The fourth-order valence-electron chi connectivity index (χ4n) is 0.129. The van der Waals surface area contributed by atoms with Gasteiger partial charge in [0.1, 0.15) is 0 Å². The summed E-state index contributed by atoms with van der Waals surface area (Å²) in [6, 6.07) is 0. The summed E-state index contributed by atoms with van der Waals surface area (Å²) in [6.45, 7) is 0.795. The van der Waals surface area contributed by atoms with Crippen LogP contribution in [0, 0.1) is 5.41 Å². The van der Waals surface area contributed by atoms with Gasteiger partial charge in [-0.05, 0) is 0 Å². The summed E-state index contributed by atoms with van der Waals surface area (Å²) in [5.41, 5.74) is 0. The van der Waals surface area contributed by atoms with Crippen molar-refractivity contribution in [2.24, 2.45) is 3.42 Å². The zero-order valence-electron chi connectivity index (χ0n) is 3.44. The zero-order valence-corrected chi connectivity index (χ0v) is 5.00. The summed E-state index contributed by atoms with van der Waals surface area (Å²) in [7, 11) is 0. The molecule has 0 atom stereocenters. The van der Waals surface area contributed by atoms with E-state index in [4.69, 9.17) is 5.41 Å². The van der Waals surface area contributed by atoms with Crippen molar-refractivity contribution in [3.05, 3.63) is 0 Å². The number of rotatable bonds is 3. The number of nitrogens with one attached hydrogen (secondary N) is 1. The zero-order chi connectivity index (χ0) is 4.83. The third kappa shape index (κ3) is 4.18. The molecular formula is C3H6N2Ti+. The summed E-state index contributed by atoms with van der Waals surface area (Å²) in [5.74, 6) is 0. The van der Waals surface area contributed by atoms with Crippen LogP contribution < -0.4 is 0 Å². The summed E-state index contributed by atoms with van der Waals surface area (Å²) >= 11 is 1.75. The molecule has 3 heteroatoms. The topological polar surface area (TPSA) is 36.2 Å². The van der Waals surface area contributed by atoms with E-state index in [2.05, 4.69) is 3.42 Å². The van der Waals surface area contributed by atoms with Gasteiger partial charge in [-0.15, -0.1) is 0 Å². The molecule has 0 fully saturated rings. The van der Waals surface area contributed by atoms with E-state index in [1.54, 1.807) is 20.3 Å². The first-order valence-corrected chi connectivity index (χ1v) is 2.44. The van der Waals surface area contributed by atoms with E-state index in [1.807, 2.05) is 0 Å². The van der Waals surface area contributed by atoms with Crippen molar-refractivity contribution in [3.63, 3.8) is 0 Å². The molecule has 0 saturated carbocycles. The van der Waals surface area contributed by atoms with Gasteiger partial charge in [0.25, 0.3) is 0 Å². The van der Waals surface area contributed by atoms with Gasteiger partial charge in [-0.1, -0.05) is 0 Å². The van der Waals surface area contributed by atoms with Gasteiger partial charge in [-0.3, -0.25) is 0 Å². The van der Waals surface area contributed by atoms with E-state index < -0.39 is 0 Å². The molecule has 0 aliphatic carbocycles. The van der Waals surface area contributed by atoms with Crippen molar-refractivity contribution in [2.45, 2.75) is 6.42 Å². The standard InChI is InChI=1S/C3H6N2.Ti/c4-2-1-3-5;/h2,4H,1,3H2;/q;+1. The Morgan fingerprint density at radius 2 is 2.50 bits per heavy atom. The van der Waals surface area contributed by atoms with Crippen LogP contribution >= 0.6 is 0 Å². The minimum absolute atomic E-state index is 0.788. The summed E-state index contributed by atoms with van der Waals surface area (Å²) in [5, 5.41) is 6.52. The van der Waals surface area contributed by atoms with Gasteiger partial charge in [0.15, 0.2) is 0 Å². The molecule has 0 spiro atoms. The molecule has 0 saturated heterocycles. The predicted octanol–water partition coefficient (Wildman–Crippen LogP) is 0.756. The van der Waals surface area contributed by atoms with Crippen LogP contribution in [0.3, 0.4) is 0 Å². The van der Waals surface area contributed by atoms with E-state index in [1.165, 1.54) is 6.21 Å². The van der Waals surface area contributed by atoms with E-state index in [9.17, 15) is 0 Å². The second-order valence-electron chi connectivity index (χ2n) is 0.875. The van der Waals surface area contributed by atoms with Crippen molar-refractivity contribution >= 4 is 6.21 Å². The van der Waals surface area contributed by atoms with Crippen molar-refractivity contribution in [1.29, 1.82) is 5.41 Å². The van der Waals surface area contributed by atoms with Crippen LogP contribution in [0.5, 0.6) is 0 Å². The van der Waals surface area contributed by atoms with Crippen LogP contribution in [0.15, 0.2) is 3.42 Å². The molecule has 31 valence electrons. The molecule has 0 heterocycles. The first kappa shape index (κ1) is 6.18. The quantitative estimate of drug-likeness (QED) is 0.322. The number of nitrogens with zero attached hydrogens (tertiary/aromatic N) is 1. The average molecular weight is 118 g/mol. The molecule has 0 radical (unpaired) electrons. The van der Waals surface area contributed by atoms with Gasteiger partial charge < -0.3 is 0 Å². The van der Waals surface area contributed by atoms with E-state index in [0.717, 1.165) is 13.0 Å². The van der Waals surface area contributed by atoms with Crippen molar-refractivity contribution in [3.8, 4) is 0 Å². The maximum absolute atomic E-state index is 6.52. The second-order valence-corrected chi connectivity index (χ2v) is 1.37. The Hall–Kier alpha value is 0.184. The normalized spacial score (nSPS) is 7.67. The molecule has 0 aromatic rings. The molecule has 2 nitrogen and oxygen atoms in total. The van der Waals surface area contributed by atoms with Gasteiger partial charge in [0.2, 0.25) is 0 Å². The van der Waals surface area contributed by atoms with Crippen molar-refractivity contribution in [2.75, 3.05) is 6.54 Å². The molecule has 0 rings (SSSR count). The molecule has 0 amide bonds. The van der Waals surface area contributed by atoms with Gasteiger partial charge in [0.05, 0.1) is 0 Å². The minimum atomic E-state index is 0.788.